The summed E-state index contributed by atoms with van der Waals surface area (Å²) in [7, 11) is 1.68. The monoisotopic (exact) mass is 478 g/mol. The molecule has 0 unspecified atom stereocenters. The first kappa shape index (κ1) is 22.2. The van der Waals surface area contributed by atoms with Gasteiger partial charge in [0.05, 0.1) is 18.2 Å². The number of anilines is 1. The number of piperazine rings is 1. The summed E-state index contributed by atoms with van der Waals surface area (Å²) in [5.74, 6) is 0.625. The number of nitriles is 1. The van der Waals surface area contributed by atoms with Gasteiger partial charge in [-0.2, -0.15) is 14.9 Å². The summed E-state index contributed by atoms with van der Waals surface area (Å²) in [4.78, 5) is 29.3. The lowest BCUT2D eigenvalue weighted by atomic mass is 10.1. The number of ether oxygens (including phenoxy) is 1. The predicted octanol–water partition coefficient (Wildman–Crippen LogP) is 2.70. The molecule has 30 heavy (non-hydrogen) atoms. The van der Waals surface area contributed by atoms with Crippen LogP contribution in [0.2, 0.25) is 0 Å². The van der Waals surface area contributed by atoms with Crippen molar-refractivity contribution < 1.29 is 9.53 Å². The molecule has 3 heterocycles. The SMILES string of the molecule is C[C@@H]1CN(c2c(Br)c(=O)n(C)c3cc(CC#N)nn23)[C@@H](C)CN1C(=O)OC(C)(C)C. The third-order valence-electron chi connectivity index (χ3n) is 5.12. The summed E-state index contributed by atoms with van der Waals surface area (Å²) in [6.07, 6.45) is -0.184. The van der Waals surface area contributed by atoms with Crippen LogP contribution >= 0.6 is 15.9 Å². The summed E-state index contributed by atoms with van der Waals surface area (Å²) in [6, 6.07) is 3.65. The highest BCUT2D eigenvalue weighted by molar-refractivity contribution is 9.10. The third-order valence-corrected chi connectivity index (χ3v) is 5.81. The van der Waals surface area contributed by atoms with Crippen LogP contribution in [0.5, 0.6) is 0 Å². The summed E-state index contributed by atoms with van der Waals surface area (Å²) in [5.41, 5.74) is 0.456. The summed E-state index contributed by atoms with van der Waals surface area (Å²) >= 11 is 3.46. The zero-order chi connectivity index (χ0) is 22.4. The van der Waals surface area contributed by atoms with E-state index in [9.17, 15) is 9.59 Å². The van der Waals surface area contributed by atoms with Crippen molar-refractivity contribution in [2.45, 2.75) is 58.7 Å². The minimum absolute atomic E-state index is 0.0797. The van der Waals surface area contributed by atoms with Gasteiger partial charge in [-0.3, -0.25) is 9.36 Å². The number of fused-ring (bicyclic) bond motifs is 1. The van der Waals surface area contributed by atoms with Gasteiger partial charge in [-0.1, -0.05) is 0 Å². The number of carbonyl (C=O) groups is 1. The number of amides is 1. The van der Waals surface area contributed by atoms with Gasteiger partial charge in [-0.25, -0.2) is 4.79 Å². The van der Waals surface area contributed by atoms with Crippen LogP contribution in [0.4, 0.5) is 10.6 Å². The quantitative estimate of drug-likeness (QED) is 0.658. The Morgan fingerprint density at radius 1 is 1.33 bits per heavy atom. The molecule has 0 N–H and O–H groups in total. The van der Waals surface area contributed by atoms with E-state index in [1.54, 1.807) is 22.5 Å². The Labute approximate surface area is 183 Å². The standard InChI is InChI=1S/C20H27BrN6O3/c1-12-11-26(19(29)30-20(3,4)5)13(2)10-25(12)17-16(21)18(28)24(6)15-9-14(7-8-22)23-27(15)17/h9,12-13H,7,10-11H2,1-6H3/t12-,13+/m0/s1. The lowest BCUT2D eigenvalue weighted by molar-refractivity contribution is 0.0129. The fraction of sp³-hybridized carbons (Fsp3) is 0.600. The zero-order valence-electron chi connectivity index (χ0n) is 18.1. The van der Waals surface area contributed by atoms with Gasteiger partial charge in [0, 0.05) is 38.3 Å². The highest BCUT2D eigenvalue weighted by Crippen LogP contribution is 2.30. The molecule has 2 atom stereocenters. The van der Waals surface area contributed by atoms with E-state index in [2.05, 4.69) is 32.0 Å². The van der Waals surface area contributed by atoms with Crippen molar-refractivity contribution in [1.29, 1.82) is 5.26 Å². The van der Waals surface area contributed by atoms with Gasteiger partial charge in [-0.05, 0) is 50.5 Å². The molecule has 10 heteroatoms. The Kier molecular flexibility index (Phi) is 5.87. The molecular formula is C20H27BrN6O3. The van der Waals surface area contributed by atoms with Crippen molar-refractivity contribution in [3.05, 3.63) is 26.6 Å². The number of hydrogen-bond donors (Lipinski definition) is 0. The molecule has 0 aliphatic carbocycles. The maximum absolute atomic E-state index is 12.8. The van der Waals surface area contributed by atoms with Gasteiger partial charge in [0.2, 0.25) is 0 Å². The molecule has 0 aromatic carbocycles. The molecule has 2 aromatic rings. The average Bonchev–Trinajstić information content (AvgIpc) is 3.05. The Morgan fingerprint density at radius 3 is 2.60 bits per heavy atom. The molecule has 1 amide bonds. The van der Waals surface area contributed by atoms with Crippen molar-refractivity contribution >= 4 is 33.5 Å². The normalized spacial score (nSPS) is 19.8. The fourth-order valence-corrected chi connectivity index (χ4v) is 4.33. The molecule has 1 saturated heterocycles. The topological polar surface area (TPSA) is 95.9 Å². The van der Waals surface area contributed by atoms with E-state index in [1.165, 1.54) is 4.57 Å². The van der Waals surface area contributed by atoms with E-state index in [1.807, 2.05) is 34.6 Å². The van der Waals surface area contributed by atoms with Gasteiger partial charge < -0.3 is 14.5 Å². The molecule has 0 saturated carbocycles. The summed E-state index contributed by atoms with van der Waals surface area (Å²) < 4.78 is 9.16. The molecule has 1 aliphatic rings. The van der Waals surface area contributed by atoms with Crippen LogP contribution in [-0.4, -0.2) is 55.9 Å². The maximum atomic E-state index is 12.8. The van der Waals surface area contributed by atoms with Crippen LogP contribution in [0.3, 0.4) is 0 Å². The smallest absolute Gasteiger partial charge is 0.410 e. The number of aryl methyl sites for hydroxylation is 1. The average molecular weight is 479 g/mol. The van der Waals surface area contributed by atoms with Crippen LogP contribution in [0.15, 0.2) is 15.3 Å². The van der Waals surface area contributed by atoms with E-state index < -0.39 is 5.60 Å². The van der Waals surface area contributed by atoms with Crippen molar-refractivity contribution in [3.8, 4) is 6.07 Å². The molecule has 1 fully saturated rings. The molecule has 2 aromatic heterocycles. The highest BCUT2D eigenvalue weighted by atomic mass is 79.9. The third kappa shape index (κ3) is 4.03. The van der Waals surface area contributed by atoms with Crippen molar-refractivity contribution in [2.24, 2.45) is 7.05 Å². The fourth-order valence-electron chi connectivity index (χ4n) is 3.67. The molecule has 0 bridgehead atoms. The van der Waals surface area contributed by atoms with Crippen LogP contribution in [0.25, 0.3) is 5.65 Å². The number of hydrogen-bond acceptors (Lipinski definition) is 6. The molecule has 0 spiro atoms. The van der Waals surface area contributed by atoms with E-state index in [4.69, 9.17) is 10.00 Å². The van der Waals surface area contributed by atoms with E-state index in [-0.39, 0.29) is 30.2 Å². The number of aromatic nitrogens is 3. The molecule has 162 valence electrons. The van der Waals surface area contributed by atoms with E-state index >= 15 is 0 Å². The second-order valence-corrected chi connectivity index (χ2v) is 9.52. The van der Waals surface area contributed by atoms with Gasteiger partial charge in [0.25, 0.3) is 5.56 Å². The number of carbonyl (C=O) groups excluding carboxylic acids is 1. The second-order valence-electron chi connectivity index (χ2n) is 8.73. The predicted molar refractivity (Wildman–Crippen MR) is 117 cm³/mol. The molecular weight excluding hydrogens is 452 g/mol. The van der Waals surface area contributed by atoms with Crippen molar-refractivity contribution in [1.82, 2.24) is 19.1 Å². The first-order valence-corrected chi connectivity index (χ1v) is 10.6. The van der Waals surface area contributed by atoms with Gasteiger partial charge in [0.15, 0.2) is 5.82 Å². The number of halogens is 1. The lowest BCUT2D eigenvalue weighted by Crippen LogP contribution is -2.59. The molecule has 0 radical (unpaired) electrons. The van der Waals surface area contributed by atoms with Crippen molar-refractivity contribution in [3.63, 3.8) is 0 Å². The first-order chi connectivity index (χ1) is 13.9. The zero-order valence-corrected chi connectivity index (χ0v) is 19.7. The van der Waals surface area contributed by atoms with Crippen molar-refractivity contribution in [2.75, 3.05) is 18.0 Å². The Bertz CT molecular complexity index is 1080. The molecule has 3 rings (SSSR count). The Balaban J connectivity index is 2.02. The van der Waals surface area contributed by atoms with Crippen LogP contribution in [0.1, 0.15) is 40.3 Å². The Morgan fingerprint density at radius 2 is 2.00 bits per heavy atom. The summed E-state index contributed by atoms with van der Waals surface area (Å²) in [6.45, 7) is 10.5. The maximum Gasteiger partial charge on any atom is 0.410 e. The minimum atomic E-state index is -0.565. The first-order valence-electron chi connectivity index (χ1n) is 9.85. The Hall–Kier alpha value is -2.54. The highest BCUT2D eigenvalue weighted by Gasteiger charge is 2.36. The van der Waals surface area contributed by atoms with Crippen LogP contribution in [-0.2, 0) is 18.2 Å². The molecule has 9 nitrogen and oxygen atoms in total. The van der Waals surface area contributed by atoms with E-state index in [0.717, 1.165) is 0 Å². The minimum Gasteiger partial charge on any atom is -0.444 e. The number of nitrogens with zero attached hydrogens (tertiary/aromatic N) is 6. The largest absolute Gasteiger partial charge is 0.444 e. The molecule has 1 aliphatic heterocycles. The second kappa shape index (κ2) is 7.95. The van der Waals surface area contributed by atoms with Crippen LogP contribution in [0, 0.1) is 11.3 Å². The van der Waals surface area contributed by atoms with Gasteiger partial charge >= 0.3 is 6.09 Å². The van der Waals surface area contributed by atoms with Gasteiger partial charge in [-0.15, -0.1) is 0 Å². The van der Waals surface area contributed by atoms with Crippen LogP contribution < -0.4 is 10.5 Å². The lowest BCUT2D eigenvalue weighted by Gasteiger charge is -2.45. The summed E-state index contributed by atoms with van der Waals surface area (Å²) in [5, 5.41) is 13.6. The van der Waals surface area contributed by atoms with E-state index in [0.29, 0.717) is 34.7 Å². The van der Waals surface area contributed by atoms with Gasteiger partial charge in [0.1, 0.15) is 15.7 Å². The number of rotatable bonds is 2.